The van der Waals surface area contributed by atoms with Crippen LogP contribution in [0.15, 0.2) is 59.1 Å². The van der Waals surface area contributed by atoms with Gasteiger partial charge in [0.2, 0.25) is 5.91 Å². The molecule has 0 saturated heterocycles. The molecular formula is C19H15ClN2O4. The highest BCUT2D eigenvalue weighted by Crippen LogP contribution is 2.22. The van der Waals surface area contributed by atoms with Crippen LogP contribution in [-0.4, -0.2) is 24.1 Å². The molecule has 2 aromatic carbocycles. The van der Waals surface area contributed by atoms with Gasteiger partial charge in [0.25, 0.3) is 0 Å². The second-order valence-corrected chi connectivity index (χ2v) is 5.92. The Morgan fingerprint density at radius 1 is 1.12 bits per heavy atom. The van der Waals surface area contributed by atoms with Crippen molar-refractivity contribution in [2.45, 2.75) is 6.42 Å². The van der Waals surface area contributed by atoms with E-state index in [0.717, 1.165) is 5.56 Å². The summed E-state index contributed by atoms with van der Waals surface area (Å²) in [5.41, 5.74) is 2.32. The zero-order valence-corrected chi connectivity index (χ0v) is 14.6. The molecule has 1 heterocycles. The van der Waals surface area contributed by atoms with Gasteiger partial charge in [-0.2, -0.15) is 0 Å². The number of halogens is 1. The SMILES string of the molecule is COC(=O)c1ccc(NC(=O)Cc2cc(-c3ccc(Cl)cc3)on2)cc1. The van der Waals surface area contributed by atoms with Crippen molar-refractivity contribution >= 4 is 29.2 Å². The van der Waals surface area contributed by atoms with E-state index in [9.17, 15) is 9.59 Å². The second kappa shape index (κ2) is 7.84. The molecule has 0 aliphatic rings. The molecule has 6 nitrogen and oxygen atoms in total. The molecule has 0 aliphatic heterocycles. The average molecular weight is 371 g/mol. The molecule has 0 fully saturated rings. The van der Waals surface area contributed by atoms with Crippen LogP contribution in [0.5, 0.6) is 0 Å². The normalized spacial score (nSPS) is 10.4. The van der Waals surface area contributed by atoms with Crippen molar-refractivity contribution in [2.24, 2.45) is 0 Å². The van der Waals surface area contributed by atoms with E-state index in [1.165, 1.54) is 7.11 Å². The summed E-state index contributed by atoms with van der Waals surface area (Å²) in [5.74, 6) is -0.112. The molecule has 26 heavy (non-hydrogen) atoms. The number of amides is 1. The number of rotatable bonds is 5. The van der Waals surface area contributed by atoms with Crippen LogP contribution in [0.3, 0.4) is 0 Å². The Morgan fingerprint density at radius 3 is 2.46 bits per heavy atom. The lowest BCUT2D eigenvalue weighted by Crippen LogP contribution is -2.14. The number of carbonyl (C=O) groups excluding carboxylic acids is 2. The largest absolute Gasteiger partial charge is 0.465 e. The summed E-state index contributed by atoms with van der Waals surface area (Å²) in [7, 11) is 1.31. The fourth-order valence-electron chi connectivity index (χ4n) is 2.32. The number of hydrogen-bond donors (Lipinski definition) is 1. The smallest absolute Gasteiger partial charge is 0.337 e. The quantitative estimate of drug-likeness (QED) is 0.687. The van der Waals surface area contributed by atoms with Crippen LogP contribution >= 0.6 is 11.6 Å². The molecule has 0 spiro atoms. The zero-order chi connectivity index (χ0) is 18.5. The highest BCUT2D eigenvalue weighted by molar-refractivity contribution is 6.30. The van der Waals surface area contributed by atoms with Gasteiger partial charge in [0.1, 0.15) is 0 Å². The Labute approximate surface area is 154 Å². The van der Waals surface area contributed by atoms with Crippen LogP contribution in [0.1, 0.15) is 16.1 Å². The minimum atomic E-state index is -0.430. The van der Waals surface area contributed by atoms with Gasteiger partial charge < -0.3 is 14.6 Å². The first-order valence-electron chi connectivity index (χ1n) is 7.75. The predicted octanol–water partition coefficient (Wildman–Crippen LogP) is 3.96. The summed E-state index contributed by atoms with van der Waals surface area (Å²) in [5, 5.41) is 7.29. The van der Waals surface area contributed by atoms with Crippen molar-refractivity contribution in [2.75, 3.05) is 12.4 Å². The molecule has 3 rings (SSSR count). The Morgan fingerprint density at radius 2 is 1.81 bits per heavy atom. The van der Waals surface area contributed by atoms with Gasteiger partial charge in [0.05, 0.1) is 24.8 Å². The van der Waals surface area contributed by atoms with Gasteiger partial charge in [-0.15, -0.1) is 0 Å². The number of hydrogen-bond acceptors (Lipinski definition) is 5. The molecule has 1 N–H and O–H groups in total. The number of benzene rings is 2. The standard InChI is InChI=1S/C19H15ClN2O4/c1-25-19(24)13-4-8-15(9-5-13)21-18(23)11-16-10-17(26-22-16)12-2-6-14(20)7-3-12/h2-10H,11H2,1H3,(H,21,23). The van der Waals surface area contributed by atoms with Crippen LogP contribution in [0.25, 0.3) is 11.3 Å². The van der Waals surface area contributed by atoms with E-state index in [1.807, 2.05) is 12.1 Å². The number of anilines is 1. The monoisotopic (exact) mass is 370 g/mol. The lowest BCUT2D eigenvalue weighted by molar-refractivity contribution is -0.115. The summed E-state index contributed by atoms with van der Waals surface area (Å²) < 4.78 is 9.90. The van der Waals surface area contributed by atoms with E-state index in [1.54, 1.807) is 42.5 Å². The maximum absolute atomic E-state index is 12.1. The molecule has 3 aromatic rings. The summed E-state index contributed by atoms with van der Waals surface area (Å²) >= 11 is 5.86. The van der Waals surface area contributed by atoms with Crippen molar-refractivity contribution in [1.29, 1.82) is 0 Å². The van der Waals surface area contributed by atoms with Crippen molar-refractivity contribution in [3.05, 3.63) is 70.9 Å². The highest BCUT2D eigenvalue weighted by Gasteiger charge is 2.12. The first-order valence-corrected chi connectivity index (χ1v) is 8.13. The van der Waals surface area contributed by atoms with E-state index in [2.05, 4.69) is 15.2 Å². The first-order chi connectivity index (χ1) is 12.5. The lowest BCUT2D eigenvalue weighted by Gasteiger charge is -2.04. The van der Waals surface area contributed by atoms with Gasteiger partial charge in [-0.05, 0) is 48.5 Å². The van der Waals surface area contributed by atoms with Crippen molar-refractivity contribution in [3.8, 4) is 11.3 Å². The molecule has 0 atom stereocenters. The topological polar surface area (TPSA) is 81.4 Å². The second-order valence-electron chi connectivity index (χ2n) is 5.48. The summed E-state index contributed by atoms with van der Waals surface area (Å²) in [6, 6.07) is 15.3. The third-order valence-electron chi connectivity index (χ3n) is 3.62. The minimum Gasteiger partial charge on any atom is -0.465 e. The van der Waals surface area contributed by atoms with Gasteiger partial charge in [0.15, 0.2) is 5.76 Å². The first kappa shape index (κ1) is 17.7. The van der Waals surface area contributed by atoms with E-state index in [-0.39, 0.29) is 12.3 Å². The fraction of sp³-hybridized carbons (Fsp3) is 0.105. The van der Waals surface area contributed by atoms with Gasteiger partial charge in [-0.1, -0.05) is 16.8 Å². The molecule has 1 aromatic heterocycles. The van der Waals surface area contributed by atoms with Gasteiger partial charge >= 0.3 is 5.97 Å². The minimum absolute atomic E-state index is 0.0653. The molecular weight excluding hydrogens is 356 g/mol. The van der Waals surface area contributed by atoms with Gasteiger partial charge in [-0.25, -0.2) is 4.79 Å². The molecule has 7 heteroatoms. The number of ether oxygens (including phenoxy) is 1. The van der Waals surface area contributed by atoms with Gasteiger partial charge in [0, 0.05) is 22.3 Å². The highest BCUT2D eigenvalue weighted by atomic mass is 35.5. The Bertz CT molecular complexity index is 917. The molecule has 0 saturated carbocycles. The Hall–Kier alpha value is -3.12. The van der Waals surface area contributed by atoms with E-state index in [4.69, 9.17) is 16.1 Å². The van der Waals surface area contributed by atoms with Crippen LogP contribution in [-0.2, 0) is 16.0 Å². The van der Waals surface area contributed by atoms with Crippen LogP contribution < -0.4 is 5.32 Å². The lowest BCUT2D eigenvalue weighted by atomic mass is 10.1. The zero-order valence-electron chi connectivity index (χ0n) is 13.9. The number of methoxy groups -OCH3 is 1. The maximum Gasteiger partial charge on any atom is 0.337 e. The molecule has 1 amide bonds. The molecule has 0 aliphatic carbocycles. The third-order valence-corrected chi connectivity index (χ3v) is 3.87. The van der Waals surface area contributed by atoms with E-state index >= 15 is 0 Å². The molecule has 132 valence electrons. The number of nitrogens with one attached hydrogen (secondary N) is 1. The van der Waals surface area contributed by atoms with Crippen molar-refractivity contribution in [1.82, 2.24) is 5.16 Å². The Kier molecular flexibility index (Phi) is 5.34. The predicted molar refractivity (Wildman–Crippen MR) is 97.1 cm³/mol. The summed E-state index contributed by atoms with van der Waals surface area (Å²) in [6.45, 7) is 0. The van der Waals surface area contributed by atoms with Crippen LogP contribution in [0.2, 0.25) is 5.02 Å². The number of esters is 1. The molecule has 0 radical (unpaired) electrons. The number of carbonyl (C=O) groups is 2. The number of aromatic nitrogens is 1. The van der Waals surface area contributed by atoms with Crippen molar-refractivity contribution in [3.63, 3.8) is 0 Å². The van der Waals surface area contributed by atoms with Crippen molar-refractivity contribution < 1.29 is 18.8 Å². The molecule has 0 unspecified atom stereocenters. The maximum atomic E-state index is 12.1. The molecule has 0 bridgehead atoms. The summed E-state index contributed by atoms with van der Waals surface area (Å²) in [4.78, 5) is 23.5. The summed E-state index contributed by atoms with van der Waals surface area (Å²) in [6.07, 6.45) is 0.0653. The fourth-order valence-corrected chi connectivity index (χ4v) is 2.45. The third kappa shape index (κ3) is 4.29. The number of nitrogens with zero attached hydrogens (tertiary/aromatic N) is 1. The van der Waals surface area contributed by atoms with E-state index < -0.39 is 5.97 Å². The van der Waals surface area contributed by atoms with E-state index in [0.29, 0.717) is 27.7 Å². The Balaban J connectivity index is 1.61. The average Bonchev–Trinajstić information content (AvgIpc) is 3.10. The van der Waals surface area contributed by atoms with Gasteiger partial charge in [-0.3, -0.25) is 4.79 Å². The van der Waals surface area contributed by atoms with Crippen LogP contribution in [0.4, 0.5) is 5.69 Å². The van der Waals surface area contributed by atoms with Crippen LogP contribution in [0, 0.1) is 0 Å².